The van der Waals surface area contributed by atoms with E-state index in [-0.39, 0.29) is 12.0 Å². The number of halogens is 1. The van der Waals surface area contributed by atoms with E-state index in [0.29, 0.717) is 23.0 Å². The van der Waals surface area contributed by atoms with Gasteiger partial charge in [0, 0.05) is 23.7 Å². The summed E-state index contributed by atoms with van der Waals surface area (Å²) in [7, 11) is 0. The highest BCUT2D eigenvalue weighted by Crippen LogP contribution is 2.21. The second-order valence-electron chi connectivity index (χ2n) is 5.02. The third kappa shape index (κ3) is 3.43. The minimum absolute atomic E-state index is 0.129. The number of carbonyl (C=O) groups excluding carboxylic acids is 1. The van der Waals surface area contributed by atoms with Gasteiger partial charge in [-0.25, -0.2) is 0 Å². The van der Waals surface area contributed by atoms with E-state index >= 15 is 0 Å². The Balaban J connectivity index is 1.65. The highest BCUT2D eigenvalue weighted by atomic mass is 35.5. The topological polar surface area (TPSA) is 67.0 Å². The Hall–Kier alpha value is -1.85. The molecule has 6 heteroatoms. The normalized spacial score (nSPS) is 17.9. The van der Waals surface area contributed by atoms with Crippen molar-refractivity contribution in [1.29, 1.82) is 0 Å². The zero-order valence-corrected chi connectivity index (χ0v) is 12.2. The number of ether oxygens (including phenoxy) is 1. The van der Waals surface area contributed by atoms with Gasteiger partial charge in [0.05, 0.1) is 11.8 Å². The summed E-state index contributed by atoms with van der Waals surface area (Å²) in [6.45, 7) is 1.31. The maximum Gasteiger partial charge on any atom is 0.269 e. The number of benzene rings is 1. The second kappa shape index (κ2) is 6.28. The van der Waals surface area contributed by atoms with Crippen molar-refractivity contribution in [1.82, 2.24) is 15.5 Å². The second-order valence-corrected chi connectivity index (χ2v) is 5.46. The fourth-order valence-corrected chi connectivity index (χ4v) is 2.53. The van der Waals surface area contributed by atoms with Crippen molar-refractivity contribution in [3.05, 3.63) is 41.0 Å². The number of aromatic amines is 1. The van der Waals surface area contributed by atoms with Crippen LogP contribution >= 0.6 is 11.6 Å². The van der Waals surface area contributed by atoms with Gasteiger partial charge < -0.3 is 10.1 Å². The van der Waals surface area contributed by atoms with Gasteiger partial charge in [-0.3, -0.25) is 9.89 Å². The van der Waals surface area contributed by atoms with E-state index in [1.54, 1.807) is 12.1 Å². The van der Waals surface area contributed by atoms with Gasteiger partial charge in [-0.1, -0.05) is 23.7 Å². The van der Waals surface area contributed by atoms with Crippen LogP contribution < -0.4 is 5.32 Å². The van der Waals surface area contributed by atoms with Crippen LogP contribution in [0.1, 0.15) is 23.3 Å². The number of hydrogen-bond donors (Lipinski definition) is 2. The number of nitrogens with one attached hydrogen (secondary N) is 2. The molecular weight excluding hydrogens is 290 g/mol. The Bertz CT molecular complexity index is 635. The number of nitrogens with zero attached hydrogens (tertiary/aromatic N) is 1. The minimum Gasteiger partial charge on any atom is -0.376 e. The summed E-state index contributed by atoms with van der Waals surface area (Å²) < 4.78 is 5.47. The first-order chi connectivity index (χ1) is 10.2. The van der Waals surface area contributed by atoms with Crippen LogP contribution in [-0.4, -0.2) is 35.4 Å². The molecule has 0 unspecified atom stereocenters. The van der Waals surface area contributed by atoms with Gasteiger partial charge >= 0.3 is 0 Å². The Morgan fingerprint density at radius 2 is 2.38 bits per heavy atom. The van der Waals surface area contributed by atoms with E-state index in [4.69, 9.17) is 16.3 Å². The van der Waals surface area contributed by atoms with E-state index in [1.807, 2.05) is 18.2 Å². The van der Waals surface area contributed by atoms with Crippen LogP contribution in [0.4, 0.5) is 0 Å². The Kier molecular flexibility index (Phi) is 4.22. The van der Waals surface area contributed by atoms with Crippen LogP contribution in [0.2, 0.25) is 5.02 Å². The van der Waals surface area contributed by atoms with Crippen molar-refractivity contribution in [2.75, 3.05) is 13.2 Å². The van der Waals surface area contributed by atoms with Crippen molar-refractivity contribution >= 4 is 17.5 Å². The SMILES string of the molecule is O=C(NC[C@H]1CCCO1)c1cc(-c2cccc(Cl)c2)n[nH]1. The first-order valence-electron chi connectivity index (χ1n) is 6.93. The summed E-state index contributed by atoms with van der Waals surface area (Å²) in [5.74, 6) is -0.175. The predicted octanol–water partition coefficient (Wildman–Crippen LogP) is 2.64. The summed E-state index contributed by atoms with van der Waals surface area (Å²) in [6.07, 6.45) is 2.19. The molecule has 110 valence electrons. The van der Waals surface area contributed by atoms with Crippen LogP contribution in [0.15, 0.2) is 30.3 Å². The molecule has 1 atom stereocenters. The first kappa shape index (κ1) is 14.1. The van der Waals surface area contributed by atoms with Gasteiger partial charge in [0.2, 0.25) is 0 Å². The summed E-state index contributed by atoms with van der Waals surface area (Å²) in [5, 5.41) is 10.4. The average Bonchev–Trinajstić information content (AvgIpc) is 3.16. The van der Waals surface area contributed by atoms with Gasteiger partial charge in [0.15, 0.2) is 0 Å². The fraction of sp³-hybridized carbons (Fsp3) is 0.333. The Labute approximate surface area is 127 Å². The average molecular weight is 306 g/mol. The van der Waals surface area contributed by atoms with Crippen molar-refractivity contribution in [3.8, 4) is 11.3 Å². The summed E-state index contributed by atoms with van der Waals surface area (Å²) in [4.78, 5) is 12.0. The molecule has 1 saturated heterocycles. The molecule has 5 nitrogen and oxygen atoms in total. The van der Waals surface area contributed by atoms with Gasteiger partial charge in [-0.05, 0) is 31.0 Å². The van der Waals surface area contributed by atoms with Crippen LogP contribution in [0.5, 0.6) is 0 Å². The highest BCUT2D eigenvalue weighted by Gasteiger charge is 2.17. The first-order valence-corrected chi connectivity index (χ1v) is 7.31. The number of carbonyl (C=O) groups is 1. The standard InChI is InChI=1S/C15H16ClN3O2/c16-11-4-1-3-10(7-11)13-8-14(19-18-13)15(20)17-9-12-5-2-6-21-12/h1,3-4,7-8,12H,2,5-6,9H2,(H,17,20)(H,18,19)/t12-/m1/s1. The fourth-order valence-electron chi connectivity index (χ4n) is 2.34. The maximum absolute atomic E-state index is 12.0. The Morgan fingerprint density at radius 1 is 1.48 bits per heavy atom. The lowest BCUT2D eigenvalue weighted by Crippen LogP contribution is -2.31. The molecule has 3 rings (SSSR count). The number of rotatable bonds is 4. The summed E-state index contributed by atoms with van der Waals surface area (Å²) in [5.41, 5.74) is 2.00. The van der Waals surface area contributed by atoms with Crippen LogP contribution in [0.3, 0.4) is 0 Å². The molecule has 21 heavy (non-hydrogen) atoms. The molecule has 0 bridgehead atoms. The van der Waals surface area contributed by atoms with Gasteiger partial charge in [0.25, 0.3) is 5.91 Å². The lowest BCUT2D eigenvalue weighted by atomic mass is 10.1. The molecule has 1 fully saturated rings. The molecule has 2 aromatic rings. The van der Waals surface area contributed by atoms with Gasteiger partial charge in [0.1, 0.15) is 5.69 Å². The number of H-pyrrole nitrogens is 1. The van der Waals surface area contributed by atoms with E-state index in [9.17, 15) is 4.79 Å². The van der Waals surface area contributed by atoms with Gasteiger partial charge in [-0.15, -0.1) is 0 Å². The monoisotopic (exact) mass is 305 g/mol. The summed E-state index contributed by atoms with van der Waals surface area (Å²) >= 11 is 5.96. The molecule has 0 saturated carbocycles. The number of aromatic nitrogens is 2. The predicted molar refractivity (Wildman–Crippen MR) is 80.3 cm³/mol. The van der Waals surface area contributed by atoms with Crippen LogP contribution in [0, 0.1) is 0 Å². The van der Waals surface area contributed by atoms with E-state index in [1.165, 1.54) is 0 Å². The quantitative estimate of drug-likeness (QED) is 0.912. The molecule has 1 aromatic heterocycles. The number of hydrogen-bond acceptors (Lipinski definition) is 3. The molecule has 2 N–H and O–H groups in total. The van der Waals surface area contributed by atoms with Crippen molar-refractivity contribution in [2.45, 2.75) is 18.9 Å². The lowest BCUT2D eigenvalue weighted by molar-refractivity contribution is 0.0853. The van der Waals surface area contributed by atoms with Gasteiger partial charge in [-0.2, -0.15) is 5.10 Å². The molecule has 1 amide bonds. The summed E-state index contributed by atoms with van der Waals surface area (Å²) in [6, 6.07) is 9.08. The minimum atomic E-state index is -0.175. The third-order valence-corrected chi connectivity index (χ3v) is 3.69. The molecule has 1 aliphatic heterocycles. The van der Waals surface area contributed by atoms with Crippen molar-refractivity contribution in [3.63, 3.8) is 0 Å². The highest BCUT2D eigenvalue weighted by molar-refractivity contribution is 6.30. The number of amides is 1. The lowest BCUT2D eigenvalue weighted by Gasteiger charge is -2.09. The Morgan fingerprint density at radius 3 is 3.14 bits per heavy atom. The van der Waals surface area contributed by atoms with Crippen LogP contribution in [-0.2, 0) is 4.74 Å². The van der Waals surface area contributed by atoms with E-state index < -0.39 is 0 Å². The van der Waals surface area contributed by atoms with Crippen molar-refractivity contribution in [2.24, 2.45) is 0 Å². The molecule has 1 aromatic carbocycles. The molecule has 0 spiro atoms. The zero-order valence-electron chi connectivity index (χ0n) is 11.4. The molecule has 0 radical (unpaired) electrons. The molecule has 2 heterocycles. The smallest absolute Gasteiger partial charge is 0.269 e. The third-order valence-electron chi connectivity index (χ3n) is 3.46. The molecular formula is C15H16ClN3O2. The molecule has 1 aliphatic rings. The zero-order chi connectivity index (χ0) is 14.7. The van der Waals surface area contributed by atoms with Crippen LogP contribution in [0.25, 0.3) is 11.3 Å². The van der Waals surface area contributed by atoms with E-state index in [2.05, 4.69) is 15.5 Å². The maximum atomic E-state index is 12.0. The van der Waals surface area contributed by atoms with E-state index in [0.717, 1.165) is 25.0 Å². The largest absolute Gasteiger partial charge is 0.376 e. The molecule has 0 aliphatic carbocycles. The van der Waals surface area contributed by atoms with Crippen molar-refractivity contribution < 1.29 is 9.53 Å².